The SMILES string of the molecule is CC[N+](CC)(CC)CC(O)COc1cccc(OCC(O)C[N+](CC)(CC)CC)c1.[I-].[I-]. The predicted octanol–water partition coefficient (Wildman–Crippen LogP) is -3.07. The Balaban J connectivity index is 0. The second kappa shape index (κ2) is 17.5. The van der Waals surface area contributed by atoms with Gasteiger partial charge >= 0.3 is 0 Å². The monoisotopic (exact) mass is 680 g/mol. The third-order valence-electron chi connectivity index (χ3n) is 6.91. The first-order chi connectivity index (χ1) is 14.3. The molecule has 2 atom stereocenters. The van der Waals surface area contributed by atoms with Crippen molar-refractivity contribution < 1.29 is 76.6 Å². The highest BCUT2D eigenvalue weighted by Crippen LogP contribution is 2.20. The van der Waals surface area contributed by atoms with Crippen LogP contribution in [0.3, 0.4) is 0 Å². The summed E-state index contributed by atoms with van der Waals surface area (Å²) in [5.41, 5.74) is 0. The minimum atomic E-state index is -0.515. The number of quaternary nitrogens is 2. The standard InChI is InChI=1S/C24H46N2O4.2HI/c1-7-25(8-2,9-3)17-21(27)19-29-23-14-13-15-24(16-23)30-20-22(28)18-26(10-4,11-5)12-6;;/h13-16,21-22,27-28H,7-12,17-20H2,1-6H3;2*1H/q+2;;/p-2. The molecule has 1 aromatic rings. The van der Waals surface area contributed by atoms with Gasteiger partial charge in [-0.05, 0) is 53.7 Å². The first-order valence-electron chi connectivity index (χ1n) is 11.7. The number of likely N-dealkylation sites (N-methyl/N-ethyl adjacent to an activating group) is 2. The van der Waals surface area contributed by atoms with E-state index >= 15 is 0 Å². The van der Waals surface area contributed by atoms with E-state index in [1.165, 1.54) is 0 Å². The summed E-state index contributed by atoms with van der Waals surface area (Å²) in [5, 5.41) is 20.9. The number of halogens is 2. The smallest absolute Gasteiger partial charge is 0.137 e. The molecule has 1 aromatic carbocycles. The molecule has 0 aromatic heterocycles. The molecule has 190 valence electrons. The molecule has 0 radical (unpaired) electrons. The third kappa shape index (κ3) is 11.0. The quantitative estimate of drug-likeness (QED) is 0.144. The van der Waals surface area contributed by atoms with E-state index in [2.05, 4.69) is 41.5 Å². The summed E-state index contributed by atoms with van der Waals surface area (Å²) >= 11 is 0. The summed E-state index contributed by atoms with van der Waals surface area (Å²) in [5.74, 6) is 1.34. The average molecular weight is 680 g/mol. The van der Waals surface area contributed by atoms with Crippen LogP contribution in [0.2, 0.25) is 0 Å². The zero-order valence-electron chi connectivity index (χ0n) is 20.9. The van der Waals surface area contributed by atoms with Crippen LogP contribution >= 0.6 is 0 Å². The maximum Gasteiger partial charge on any atom is 0.137 e. The molecule has 0 aliphatic rings. The Hall–Kier alpha value is 0.120. The first kappa shape index (κ1) is 34.3. The van der Waals surface area contributed by atoms with Crippen molar-refractivity contribution in [2.24, 2.45) is 0 Å². The molecule has 0 bridgehead atoms. The minimum absolute atomic E-state index is 0. The molecule has 0 heterocycles. The van der Waals surface area contributed by atoms with Gasteiger partial charge in [-0.3, -0.25) is 0 Å². The van der Waals surface area contributed by atoms with Gasteiger partial charge in [-0.15, -0.1) is 0 Å². The Morgan fingerprint density at radius 3 is 1.25 bits per heavy atom. The number of benzene rings is 1. The molecule has 0 saturated heterocycles. The van der Waals surface area contributed by atoms with Gasteiger partial charge in [0.05, 0.1) is 39.3 Å². The highest BCUT2D eigenvalue weighted by atomic mass is 127. The van der Waals surface area contributed by atoms with E-state index in [1.54, 1.807) is 0 Å². The van der Waals surface area contributed by atoms with E-state index in [0.29, 0.717) is 24.6 Å². The fourth-order valence-corrected chi connectivity index (χ4v) is 4.15. The Labute approximate surface area is 230 Å². The summed E-state index contributed by atoms with van der Waals surface area (Å²) in [4.78, 5) is 0. The molecular formula is C24H46I2N2O4. The van der Waals surface area contributed by atoms with Crippen LogP contribution in [0.4, 0.5) is 0 Å². The highest BCUT2D eigenvalue weighted by molar-refractivity contribution is 5.32. The zero-order chi connectivity index (χ0) is 22.6. The van der Waals surface area contributed by atoms with Crippen molar-refractivity contribution >= 4 is 0 Å². The fraction of sp³-hybridized carbons (Fsp3) is 0.750. The largest absolute Gasteiger partial charge is 1.00 e. The second-order valence-electron chi connectivity index (χ2n) is 8.35. The highest BCUT2D eigenvalue weighted by Gasteiger charge is 2.26. The van der Waals surface area contributed by atoms with Crippen LogP contribution in [0.25, 0.3) is 0 Å². The lowest BCUT2D eigenvalue weighted by atomic mass is 10.2. The van der Waals surface area contributed by atoms with Crippen molar-refractivity contribution in [1.82, 2.24) is 0 Å². The molecular weight excluding hydrogens is 634 g/mol. The number of aliphatic hydroxyl groups excluding tert-OH is 2. The Kier molecular flexibility index (Phi) is 18.8. The molecule has 2 N–H and O–H groups in total. The van der Waals surface area contributed by atoms with Gasteiger partial charge in [0.1, 0.15) is 50.0 Å². The van der Waals surface area contributed by atoms with Crippen molar-refractivity contribution in [2.75, 3.05) is 65.6 Å². The molecule has 0 spiro atoms. The van der Waals surface area contributed by atoms with E-state index in [1.807, 2.05) is 24.3 Å². The number of hydrogen-bond acceptors (Lipinski definition) is 4. The number of ether oxygens (including phenoxy) is 2. The van der Waals surface area contributed by atoms with Crippen molar-refractivity contribution in [3.05, 3.63) is 24.3 Å². The lowest BCUT2D eigenvalue weighted by molar-refractivity contribution is -0.926. The van der Waals surface area contributed by atoms with Crippen molar-refractivity contribution in [3.8, 4) is 11.5 Å². The molecule has 0 amide bonds. The van der Waals surface area contributed by atoms with E-state index < -0.39 is 12.2 Å². The first-order valence-corrected chi connectivity index (χ1v) is 11.7. The predicted molar refractivity (Wildman–Crippen MR) is 123 cm³/mol. The van der Waals surface area contributed by atoms with Crippen LogP contribution < -0.4 is 57.4 Å². The lowest BCUT2D eigenvalue weighted by Gasteiger charge is -2.37. The van der Waals surface area contributed by atoms with Gasteiger partial charge in [0.15, 0.2) is 0 Å². The van der Waals surface area contributed by atoms with E-state index in [4.69, 9.17) is 9.47 Å². The molecule has 0 aliphatic carbocycles. The molecule has 2 unspecified atom stereocenters. The summed E-state index contributed by atoms with van der Waals surface area (Å²) in [6, 6.07) is 7.43. The van der Waals surface area contributed by atoms with Crippen LogP contribution in [0.5, 0.6) is 11.5 Å². The normalized spacial score (nSPS) is 13.5. The van der Waals surface area contributed by atoms with Crippen LogP contribution in [-0.4, -0.2) is 97.0 Å². The topological polar surface area (TPSA) is 58.9 Å². The van der Waals surface area contributed by atoms with Crippen molar-refractivity contribution in [1.29, 1.82) is 0 Å². The average Bonchev–Trinajstić information content (AvgIpc) is 2.79. The Bertz CT molecular complexity index is 535. The lowest BCUT2D eigenvalue weighted by Crippen LogP contribution is -3.00. The molecule has 0 saturated carbocycles. The number of aliphatic hydroxyl groups is 2. The second-order valence-corrected chi connectivity index (χ2v) is 8.35. The molecule has 8 heteroatoms. The maximum atomic E-state index is 10.5. The molecule has 0 aliphatic heterocycles. The number of hydrogen-bond donors (Lipinski definition) is 2. The number of nitrogens with zero attached hydrogens (tertiary/aromatic N) is 2. The van der Waals surface area contributed by atoms with Crippen LogP contribution in [0, 0.1) is 0 Å². The number of rotatable bonds is 16. The summed E-state index contributed by atoms with van der Waals surface area (Å²) < 4.78 is 13.4. The summed E-state index contributed by atoms with van der Waals surface area (Å²) in [7, 11) is 0. The Morgan fingerprint density at radius 1 is 0.656 bits per heavy atom. The zero-order valence-corrected chi connectivity index (χ0v) is 25.2. The van der Waals surface area contributed by atoms with Crippen LogP contribution in [-0.2, 0) is 0 Å². The van der Waals surface area contributed by atoms with Gasteiger partial charge in [0.25, 0.3) is 0 Å². The fourth-order valence-electron chi connectivity index (χ4n) is 4.15. The van der Waals surface area contributed by atoms with Gasteiger partial charge in [-0.2, -0.15) is 0 Å². The van der Waals surface area contributed by atoms with Gasteiger partial charge < -0.3 is 76.6 Å². The van der Waals surface area contributed by atoms with E-state index in [-0.39, 0.29) is 61.2 Å². The van der Waals surface area contributed by atoms with E-state index in [9.17, 15) is 10.2 Å². The summed E-state index contributed by atoms with van der Waals surface area (Å²) in [6.07, 6.45) is -1.03. The molecule has 32 heavy (non-hydrogen) atoms. The molecule has 1 rings (SSSR count). The van der Waals surface area contributed by atoms with Crippen molar-refractivity contribution in [2.45, 2.75) is 53.8 Å². The maximum absolute atomic E-state index is 10.5. The third-order valence-corrected chi connectivity index (χ3v) is 6.91. The van der Waals surface area contributed by atoms with E-state index in [0.717, 1.165) is 48.2 Å². The van der Waals surface area contributed by atoms with Gasteiger partial charge in [0, 0.05) is 6.07 Å². The molecule has 0 fully saturated rings. The Morgan fingerprint density at radius 2 is 0.969 bits per heavy atom. The van der Waals surface area contributed by atoms with Gasteiger partial charge in [-0.25, -0.2) is 0 Å². The van der Waals surface area contributed by atoms with Gasteiger partial charge in [-0.1, -0.05) is 6.07 Å². The van der Waals surface area contributed by atoms with Crippen molar-refractivity contribution in [3.63, 3.8) is 0 Å². The van der Waals surface area contributed by atoms with Crippen LogP contribution in [0.15, 0.2) is 24.3 Å². The summed E-state index contributed by atoms with van der Waals surface area (Å²) in [6.45, 7) is 20.9. The molecule has 6 nitrogen and oxygen atoms in total. The van der Waals surface area contributed by atoms with Gasteiger partial charge in [0.2, 0.25) is 0 Å². The van der Waals surface area contributed by atoms with Crippen LogP contribution in [0.1, 0.15) is 41.5 Å². The minimum Gasteiger partial charge on any atom is -1.00 e.